The topological polar surface area (TPSA) is 61.8 Å². The molecular formula is C13H16NO2S2+. The van der Waals surface area contributed by atoms with Crippen LogP contribution in [-0.2, 0) is 9.84 Å². The quantitative estimate of drug-likeness (QED) is 0.929. The summed E-state index contributed by atoms with van der Waals surface area (Å²) in [4.78, 5) is 1.22. The van der Waals surface area contributed by atoms with Crippen molar-refractivity contribution in [2.75, 3.05) is 6.54 Å². The van der Waals surface area contributed by atoms with Gasteiger partial charge in [-0.05, 0) is 30.5 Å². The van der Waals surface area contributed by atoms with E-state index in [1.165, 1.54) is 11.3 Å². The van der Waals surface area contributed by atoms with E-state index in [1.54, 1.807) is 12.1 Å². The molecule has 1 heterocycles. The van der Waals surface area contributed by atoms with Gasteiger partial charge in [-0.15, -0.1) is 11.3 Å². The number of hydrogen-bond acceptors (Lipinski definition) is 3. The van der Waals surface area contributed by atoms with Gasteiger partial charge in [-0.3, -0.25) is 0 Å². The molecule has 3 nitrogen and oxygen atoms in total. The van der Waals surface area contributed by atoms with Crippen molar-refractivity contribution in [2.45, 2.75) is 17.1 Å². The van der Waals surface area contributed by atoms with E-state index in [-0.39, 0.29) is 0 Å². The summed E-state index contributed by atoms with van der Waals surface area (Å²) in [6, 6.07) is 10.7. The number of thiophene rings is 1. The first-order chi connectivity index (χ1) is 8.55. The molecule has 0 bridgehead atoms. The second-order valence-electron chi connectivity index (χ2n) is 4.15. The lowest BCUT2D eigenvalue weighted by Crippen LogP contribution is -2.54. The molecule has 0 amide bonds. The van der Waals surface area contributed by atoms with Crippen molar-refractivity contribution in [1.82, 2.24) is 0 Å². The van der Waals surface area contributed by atoms with Crippen LogP contribution in [0.1, 0.15) is 15.7 Å². The lowest BCUT2D eigenvalue weighted by Gasteiger charge is -2.12. The molecule has 0 saturated carbocycles. The molecule has 3 N–H and O–H groups in total. The van der Waals surface area contributed by atoms with E-state index >= 15 is 0 Å². The highest BCUT2D eigenvalue weighted by molar-refractivity contribution is 7.91. The van der Waals surface area contributed by atoms with Crippen LogP contribution < -0.4 is 5.73 Å². The zero-order valence-electron chi connectivity index (χ0n) is 10.2. The second kappa shape index (κ2) is 5.22. The average Bonchev–Trinajstić information content (AvgIpc) is 2.84. The van der Waals surface area contributed by atoms with Crippen LogP contribution in [0.2, 0.25) is 0 Å². The molecule has 0 radical (unpaired) electrons. The lowest BCUT2D eigenvalue weighted by atomic mass is 10.2. The molecule has 0 unspecified atom stereocenters. The van der Waals surface area contributed by atoms with E-state index < -0.39 is 15.1 Å². The molecular weight excluding hydrogens is 266 g/mol. The first-order valence-electron chi connectivity index (χ1n) is 5.69. The standard InChI is InChI=1S/C13H15NO2S2/c1-10-4-6-11(7-5-10)18(15,16)13(9-14)12-3-2-8-17-12/h2-8,13H,9,14H2,1H3/p+1/t13-/m0/s1. The highest BCUT2D eigenvalue weighted by atomic mass is 32.2. The Morgan fingerprint density at radius 3 is 2.39 bits per heavy atom. The van der Waals surface area contributed by atoms with Crippen molar-refractivity contribution in [2.24, 2.45) is 0 Å². The summed E-state index contributed by atoms with van der Waals surface area (Å²) in [6.45, 7) is 2.28. The van der Waals surface area contributed by atoms with E-state index in [9.17, 15) is 8.42 Å². The van der Waals surface area contributed by atoms with Crippen molar-refractivity contribution < 1.29 is 14.2 Å². The molecule has 0 aliphatic rings. The Bertz CT molecular complexity index is 601. The molecule has 0 aliphatic heterocycles. The minimum Gasteiger partial charge on any atom is -0.356 e. The molecule has 1 atom stereocenters. The molecule has 2 aromatic rings. The highest BCUT2D eigenvalue weighted by Gasteiger charge is 2.30. The van der Waals surface area contributed by atoms with Gasteiger partial charge in [-0.2, -0.15) is 0 Å². The van der Waals surface area contributed by atoms with Crippen LogP contribution in [0.3, 0.4) is 0 Å². The fourth-order valence-electron chi connectivity index (χ4n) is 1.82. The Hall–Kier alpha value is -1.17. The van der Waals surface area contributed by atoms with Gasteiger partial charge in [-0.25, -0.2) is 8.42 Å². The van der Waals surface area contributed by atoms with Gasteiger partial charge in [0.2, 0.25) is 0 Å². The van der Waals surface area contributed by atoms with Crippen LogP contribution in [0.4, 0.5) is 0 Å². The fraction of sp³-hybridized carbons (Fsp3) is 0.231. The molecule has 18 heavy (non-hydrogen) atoms. The van der Waals surface area contributed by atoms with Gasteiger partial charge in [0.25, 0.3) is 0 Å². The van der Waals surface area contributed by atoms with Crippen molar-refractivity contribution in [3.8, 4) is 0 Å². The lowest BCUT2D eigenvalue weighted by molar-refractivity contribution is -0.367. The third-order valence-electron chi connectivity index (χ3n) is 2.85. The van der Waals surface area contributed by atoms with Gasteiger partial charge in [0.1, 0.15) is 5.25 Å². The van der Waals surface area contributed by atoms with Gasteiger partial charge in [-0.1, -0.05) is 23.8 Å². The van der Waals surface area contributed by atoms with E-state index in [0.29, 0.717) is 11.4 Å². The van der Waals surface area contributed by atoms with E-state index in [0.717, 1.165) is 10.4 Å². The molecule has 96 valence electrons. The smallest absolute Gasteiger partial charge is 0.191 e. The van der Waals surface area contributed by atoms with Gasteiger partial charge in [0.05, 0.1) is 11.4 Å². The normalized spacial score (nSPS) is 13.4. The van der Waals surface area contributed by atoms with Gasteiger partial charge in [0, 0.05) is 4.88 Å². The van der Waals surface area contributed by atoms with Crippen molar-refractivity contribution >= 4 is 21.2 Å². The van der Waals surface area contributed by atoms with E-state index in [2.05, 4.69) is 5.73 Å². The monoisotopic (exact) mass is 282 g/mol. The van der Waals surface area contributed by atoms with Crippen molar-refractivity contribution in [3.63, 3.8) is 0 Å². The fourth-order valence-corrected chi connectivity index (χ4v) is 4.64. The average molecular weight is 282 g/mol. The minimum atomic E-state index is -3.34. The zero-order chi connectivity index (χ0) is 13.2. The van der Waals surface area contributed by atoms with Crippen LogP contribution in [0.15, 0.2) is 46.7 Å². The van der Waals surface area contributed by atoms with Crippen LogP contribution in [0.25, 0.3) is 0 Å². The molecule has 5 heteroatoms. The van der Waals surface area contributed by atoms with Gasteiger partial charge in [0.15, 0.2) is 9.84 Å². The largest absolute Gasteiger partial charge is 0.356 e. The molecule has 0 aliphatic carbocycles. The Labute approximate surface area is 111 Å². The molecule has 0 spiro atoms. The Morgan fingerprint density at radius 2 is 1.89 bits per heavy atom. The maximum atomic E-state index is 12.5. The summed E-state index contributed by atoms with van der Waals surface area (Å²) in [5, 5.41) is 1.35. The molecule has 1 aromatic carbocycles. The van der Waals surface area contributed by atoms with Gasteiger partial charge < -0.3 is 5.73 Å². The number of quaternary nitrogens is 1. The Kier molecular flexibility index (Phi) is 3.85. The van der Waals surface area contributed by atoms with Crippen LogP contribution in [0, 0.1) is 6.92 Å². The van der Waals surface area contributed by atoms with Crippen LogP contribution >= 0.6 is 11.3 Å². The zero-order valence-corrected chi connectivity index (χ0v) is 11.8. The summed E-state index contributed by atoms with van der Waals surface area (Å²) < 4.78 is 25.1. The third-order valence-corrected chi connectivity index (χ3v) is 6.15. The summed E-state index contributed by atoms with van der Waals surface area (Å²) in [5.74, 6) is 0. The Balaban J connectivity index is 2.44. The minimum absolute atomic E-state index is 0.344. The first-order valence-corrected chi connectivity index (χ1v) is 8.11. The summed E-state index contributed by atoms with van der Waals surface area (Å²) in [7, 11) is -3.34. The SMILES string of the molecule is Cc1ccc(S(=O)(=O)[C@@H](C[NH3+])c2cccs2)cc1. The molecule has 0 fully saturated rings. The van der Waals surface area contributed by atoms with Crippen molar-refractivity contribution in [1.29, 1.82) is 0 Å². The first kappa shape index (κ1) is 13.3. The number of sulfone groups is 1. The number of hydrogen-bond donors (Lipinski definition) is 1. The van der Waals surface area contributed by atoms with Gasteiger partial charge >= 0.3 is 0 Å². The summed E-state index contributed by atoms with van der Waals surface area (Å²) in [5.41, 5.74) is 4.83. The number of aryl methyl sites for hydroxylation is 1. The summed E-state index contributed by atoms with van der Waals surface area (Å²) in [6.07, 6.45) is 0. The predicted octanol–water partition coefficient (Wildman–Crippen LogP) is 1.81. The van der Waals surface area contributed by atoms with Crippen LogP contribution in [-0.4, -0.2) is 15.0 Å². The number of rotatable bonds is 4. The van der Waals surface area contributed by atoms with Crippen LogP contribution in [0.5, 0.6) is 0 Å². The number of benzene rings is 1. The Morgan fingerprint density at radius 1 is 1.22 bits per heavy atom. The maximum Gasteiger partial charge on any atom is 0.191 e. The molecule has 1 aromatic heterocycles. The second-order valence-corrected chi connectivity index (χ2v) is 7.26. The molecule has 2 rings (SSSR count). The maximum absolute atomic E-state index is 12.5. The summed E-state index contributed by atoms with van der Waals surface area (Å²) >= 11 is 1.46. The van der Waals surface area contributed by atoms with E-state index in [4.69, 9.17) is 0 Å². The predicted molar refractivity (Wildman–Crippen MR) is 73.2 cm³/mol. The van der Waals surface area contributed by atoms with E-state index in [1.807, 2.05) is 36.6 Å². The highest BCUT2D eigenvalue weighted by Crippen LogP contribution is 2.30. The molecule has 0 saturated heterocycles. The van der Waals surface area contributed by atoms with Crippen molar-refractivity contribution in [3.05, 3.63) is 52.2 Å². The third kappa shape index (κ3) is 2.48.